The molecular formula is C25H21N7O2. The molecule has 3 heterocycles. The van der Waals surface area contributed by atoms with Gasteiger partial charge in [-0.15, -0.1) is 0 Å². The summed E-state index contributed by atoms with van der Waals surface area (Å²) in [4.78, 5) is 22.1. The minimum absolute atomic E-state index is 0.136. The van der Waals surface area contributed by atoms with Crippen LogP contribution >= 0.6 is 0 Å². The van der Waals surface area contributed by atoms with Gasteiger partial charge in [-0.2, -0.15) is 5.10 Å². The Morgan fingerprint density at radius 1 is 1.12 bits per heavy atom. The Hall–Kier alpha value is -4.79. The topological polar surface area (TPSA) is 150 Å². The van der Waals surface area contributed by atoms with Crippen LogP contribution in [-0.2, 0) is 0 Å². The Morgan fingerprint density at radius 3 is 2.59 bits per heavy atom. The molecule has 0 saturated carbocycles. The molecule has 5 aromatic rings. The van der Waals surface area contributed by atoms with Gasteiger partial charge in [-0.3, -0.25) is 4.79 Å². The zero-order valence-electron chi connectivity index (χ0n) is 18.3. The SMILES string of the molecule is CC(c1oc2ccccc2c(=O)c1-c1ccccc1)n1nc(/C(C=N)=C/N)c2c(N)ncnc21. The Bertz CT molecular complexity index is 1630. The molecule has 0 saturated heterocycles. The van der Waals surface area contributed by atoms with Crippen LogP contribution in [0.1, 0.15) is 24.4 Å². The molecule has 168 valence electrons. The molecule has 9 nitrogen and oxygen atoms in total. The van der Waals surface area contributed by atoms with E-state index in [0.717, 1.165) is 11.8 Å². The van der Waals surface area contributed by atoms with E-state index in [1.165, 1.54) is 12.5 Å². The normalized spacial score (nSPS) is 12.8. The largest absolute Gasteiger partial charge is 0.458 e. The van der Waals surface area contributed by atoms with Crippen LogP contribution in [0.3, 0.4) is 0 Å². The number of hydrogen-bond donors (Lipinski definition) is 3. The van der Waals surface area contributed by atoms with Crippen molar-refractivity contribution < 1.29 is 4.42 Å². The smallest absolute Gasteiger partial charge is 0.200 e. The molecule has 2 aromatic carbocycles. The molecule has 5 rings (SSSR count). The number of nitrogens with one attached hydrogen (secondary N) is 1. The number of nitrogen functional groups attached to an aromatic ring is 1. The number of nitrogens with zero attached hydrogens (tertiary/aromatic N) is 4. The highest BCUT2D eigenvalue weighted by molar-refractivity contribution is 6.13. The van der Waals surface area contributed by atoms with Gasteiger partial charge < -0.3 is 21.3 Å². The van der Waals surface area contributed by atoms with Crippen LogP contribution in [-0.4, -0.2) is 26.0 Å². The van der Waals surface area contributed by atoms with Gasteiger partial charge in [0, 0.05) is 18.0 Å². The second-order valence-electron chi connectivity index (χ2n) is 7.73. The average molecular weight is 451 g/mol. The van der Waals surface area contributed by atoms with Crippen molar-refractivity contribution in [1.29, 1.82) is 5.41 Å². The van der Waals surface area contributed by atoms with E-state index in [9.17, 15) is 4.79 Å². The van der Waals surface area contributed by atoms with Crippen LogP contribution < -0.4 is 16.9 Å². The molecule has 0 fully saturated rings. The number of hydrogen-bond acceptors (Lipinski definition) is 8. The fraction of sp³-hybridized carbons (Fsp3) is 0.0800. The van der Waals surface area contributed by atoms with Crippen LogP contribution in [0.15, 0.2) is 76.3 Å². The van der Waals surface area contributed by atoms with Crippen molar-refractivity contribution in [2.24, 2.45) is 5.73 Å². The van der Waals surface area contributed by atoms with Gasteiger partial charge in [-0.05, 0) is 24.6 Å². The third-order valence-electron chi connectivity index (χ3n) is 5.76. The average Bonchev–Trinajstić information content (AvgIpc) is 3.25. The van der Waals surface area contributed by atoms with E-state index in [-0.39, 0.29) is 11.2 Å². The first-order valence-electron chi connectivity index (χ1n) is 10.6. The first-order chi connectivity index (χ1) is 16.5. The maximum Gasteiger partial charge on any atom is 0.200 e. The van der Waals surface area contributed by atoms with E-state index in [2.05, 4.69) is 15.1 Å². The molecule has 9 heteroatoms. The standard InChI is InChI=1S/C25H21N7O2/c1-14(32-25-20(24(28)29-13-30-25)21(31-32)16(11-26)12-27)23-19(15-7-3-2-4-8-15)22(33)17-9-5-6-10-18(17)34-23/h2-14,26H,27H2,1H3,(H2,28,29,30)/b16-12+,26-11?. The molecular weight excluding hydrogens is 430 g/mol. The predicted molar refractivity (Wildman–Crippen MR) is 132 cm³/mol. The number of rotatable bonds is 5. The maximum absolute atomic E-state index is 13.6. The number of nitrogens with two attached hydrogens (primary N) is 2. The van der Waals surface area contributed by atoms with Gasteiger partial charge in [0.05, 0.1) is 16.3 Å². The van der Waals surface area contributed by atoms with Crippen molar-refractivity contribution in [2.45, 2.75) is 13.0 Å². The fourth-order valence-electron chi connectivity index (χ4n) is 4.11. The van der Waals surface area contributed by atoms with Gasteiger partial charge in [-0.25, -0.2) is 14.6 Å². The molecule has 1 unspecified atom stereocenters. The van der Waals surface area contributed by atoms with Gasteiger partial charge in [0.15, 0.2) is 5.65 Å². The van der Waals surface area contributed by atoms with Gasteiger partial charge in [0.1, 0.15) is 35.2 Å². The lowest BCUT2D eigenvalue weighted by Gasteiger charge is -2.17. The summed E-state index contributed by atoms with van der Waals surface area (Å²) in [5.41, 5.74) is 14.6. The third-order valence-corrected chi connectivity index (χ3v) is 5.76. The van der Waals surface area contributed by atoms with Crippen LogP contribution in [0, 0.1) is 5.41 Å². The molecule has 0 aliphatic carbocycles. The summed E-state index contributed by atoms with van der Waals surface area (Å²) >= 11 is 0. The first kappa shape index (κ1) is 21.1. The fourth-order valence-corrected chi connectivity index (χ4v) is 4.11. The number of fused-ring (bicyclic) bond motifs is 2. The quantitative estimate of drug-likeness (QED) is 0.344. The van der Waals surface area contributed by atoms with Crippen molar-refractivity contribution in [3.8, 4) is 11.1 Å². The van der Waals surface area contributed by atoms with Crippen molar-refractivity contribution in [3.05, 3.63) is 88.8 Å². The molecule has 34 heavy (non-hydrogen) atoms. The van der Waals surface area contributed by atoms with E-state index in [4.69, 9.17) is 21.3 Å². The lowest BCUT2D eigenvalue weighted by atomic mass is 9.99. The summed E-state index contributed by atoms with van der Waals surface area (Å²) in [6.07, 6.45) is 3.72. The van der Waals surface area contributed by atoms with Gasteiger partial charge in [0.25, 0.3) is 0 Å². The minimum atomic E-state index is -0.553. The Morgan fingerprint density at radius 2 is 1.85 bits per heavy atom. The summed E-state index contributed by atoms with van der Waals surface area (Å²) in [6.45, 7) is 1.87. The van der Waals surface area contributed by atoms with Crippen LogP contribution in [0.5, 0.6) is 0 Å². The van der Waals surface area contributed by atoms with Gasteiger partial charge in [-0.1, -0.05) is 42.5 Å². The van der Waals surface area contributed by atoms with E-state index in [1.807, 2.05) is 49.4 Å². The number of aromatic nitrogens is 4. The number of allylic oxidation sites excluding steroid dienone is 1. The van der Waals surface area contributed by atoms with E-state index in [1.54, 1.807) is 16.8 Å². The highest BCUT2D eigenvalue weighted by Gasteiger charge is 2.27. The van der Waals surface area contributed by atoms with Crippen molar-refractivity contribution in [3.63, 3.8) is 0 Å². The molecule has 0 aliphatic heterocycles. The van der Waals surface area contributed by atoms with Crippen molar-refractivity contribution in [2.75, 3.05) is 5.73 Å². The van der Waals surface area contributed by atoms with Crippen LogP contribution in [0.25, 0.3) is 38.7 Å². The molecule has 0 radical (unpaired) electrons. The Labute approximate surface area is 193 Å². The number of benzene rings is 2. The molecule has 0 spiro atoms. The van der Waals surface area contributed by atoms with Crippen LogP contribution in [0.2, 0.25) is 0 Å². The van der Waals surface area contributed by atoms with Crippen LogP contribution in [0.4, 0.5) is 5.82 Å². The number of para-hydroxylation sites is 1. The molecule has 3 aromatic heterocycles. The molecule has 0 amide bonds. The first-order valence-corrected chi connectivity index (χ1v) is 10.6. The summed E-state index contributed by atoms with van der Waals surface area (Å²) in [5.74, 6) is 0.638. The molecule has 0 bridgehead atoms. The van der Waals surface area contributed by atoms with Gasteiger partial charge in [0.2, 0.25) is 5.43 Å². The number of anilines is 1. The summed E-state index contributed by atoms with van der Waals surface area (Å²) < 4.78 is 7.95. The summed E-state index contributed by atoms with van der Waals surface area (Å²) in [6, 6.07) is 16.0. The second-order valence-corrected chi connectivity index (χ2v) is 7.73. The Balaban J connectivity index is 1.84. The highest BCUT2D eigenvalue weighted by Crippen LogP contribution is 2.34. The Kier molecular flexibility index (Phi) is 5.14. The van der Waals surface area contributed by atoms with Crippen molar-refractivity contribution >= 4 is 39.6 Å². The minimum Gasteiger partial charge on any atom is -0.458 e. The van der Waals surface area contributed by atoms with E-state index < -0.39 is 6.04 Å². The lowest BCUT2D eigenvalue weighted by Crippen LogP contribution is -2.16. The lowest BCUT2D eigenvalue weighted by molar-refractivity contribution is 0.445. The summed E-state index contributed by atoms with van der Waals surface area (Å²) in [7, 11) is 0. The van der Waals surface area contributed by atoms with Gasteiger partial charge >= 0.3 is 0 Å². The summed E-state index contributed by atoms with van der Waals surface area (Å²) in [5, 5.41) is 13.4. The zero-order chi connectivity index (χ0) is 23.8. The molecule has 1 atom stereocenters. The van der Waals surface area contributed by atoms with Crippen molar-refractivity contribution in [1.82, 2.24) is 19.7 Å². The maximum atomic E-state index is 13.6. The predicted octanol–water partition coefficient (Wildman–Crippen LogP) is 3.74. The molecule has 5 N–H and O–H groups in total. The monoisotopic (exact) mass is 451 g/mol. The highest BCUT2D eigenvalue weighted by atomic mass is 16.3. The van der Waals surface area contributed by atoms with E-state index >= 15 is 0 Å². The zero-order valence-corrected chi connectivity index (χ0v) is 18.3. The third kappa shape index (κ3) is 3.22. The molecule has 0 aliphatic rings. The second kappa shape index (κ2) is 8.28. The van der Waals surface area contributed by atoms with E-state index in [0.29, 0.717) is 44.6 Å².